The highest BCUT2D eigenvalue weighted by Crippen LogP contribution is 2.20. The fourth-order valence-corrected chi connectivity index (χ4v) is 4.59. The molecule has 0 amide bonds. The number of hydrogen-bond donors (Lipinski definition) is 0. The number of rotatable bonds is 4. The molecule has 1 saturated heterocycles. The summed E-state index contributed by atoms with van der Waals surface area (Å²) in [6.07, 6.45) is 4.96. The van der Waals surface area contributed by atoms with Gasteiger partial charge < -0.3 is 4.74 Å². The van der Waals surface area contributed by atoms with Crippen LogP contribution >= 0.6 is 0 Å². The van der Waals surface area contributed by atoms with Gasteiger partial charge >= 0.3 is 11.7 Å². The molecule has 0 bridgehead atoms. The van der Waals surface area contributed by atoms with Crippen LogP contribution in [0.4, 0.5) is 0 Å². The number of carbonyl (C=O) groups is 1. The topological polar surface area (TPSA) is 103 Å². The van der Waals surface area contributed by atoms with Crippen molar-refractivity contribution in [1.82, 2.24) is 18.5 Å². The van der Waals surface area contributed by atoms with Crippen molar-refractivity contribution < 1.29 is 17.9 Å². The summed E-state index contributed by atoms with van der Waals surface area (Å²) in [5.41, 5.74) is -0.327. The lowest BCUT2D eigenvalue weighted by atomic mass is 10.2. The maximum Gasteiger partial charge on any atom is 0.351 e. The Kier molecular flexibility index (Phi) is 5.15. The highest BCUT2D eigenvalue weighted by atomic mass is 32.2. The van der Waals surface area contributed by atoms with E-state index in [9.17, 15) is 18.0 Å². The number of hydrogen-bond acceptors (Lipinski definition) is 6. The molecule has 0 spiro atoms. The fourth-order valence-electron chi connectivity index (χ4n) is 3.08. The molecule has 0 aliphatic carbocycles. The van der Waals surface area contributed by atoms with Crippen LogP contribution in [0.25, 0.3) is 5.65 Å². The second-order valence-corrected chi connectivity index (χ2v) is 8.28. The summed E-state index contributed by atoms with van der Waals surface area (Å²) < 4.78 is 34.0. The van der Waals surface area contributed by atoms with Crippen molar-refractivity contribution in [3.05, 3.63) is 28.8 Å². The third kappa shape index (κ3) is 3.26. The van der Waals surface area contributed by atoms with Crippen LogP contribution in [0.5, 0.6) is 0 Å². The maximum absolute atomic E-state index is 12.9. The van der Waals surface area contributed by atoms with Gasteiger partial charge in [-0.3, -0.25) is 0 Å². The number of carbonyl (C=O) groups excluding carboxylic acids is 1. The Labute approximate surface area is 151 Å². The Morgan fingerprint density at radius 2 is 1.85 bits per heavy atom. The Hall–Kier alpha value is -2.20. The van der Waals surface area contributed by atoms with Gasteiger partial charge in [0.15, 0.2) is 11.7 Å². The van der Waals surface area contributed by atoms with E-state index in [4.69, 9.17) is 0 Å². The summed E-state index contributed by atoms with van der Waals surface area (Å²) in [6, 6.07) is 2.00. The van der Waals surface area contributed by atoms with E-state index in [1.54, 1.807) is 0 Å². The van der Waals surface area contributed by atoms with Crippen molar-refractivity contribution in [2.45, 2.75) is 43.5 Å². The summed E-state index contributed by atoms with van der Waals surface area (Å²) in [5.74, 6) is -0.604. The quantitative estimate of drug-likeness (QED) is 0.725. The smallest absolute Gasteiger partial charge is 0.351 e. The highest BCUT2D eigenvalue weighted by Gasteiger charge is 2.27. The lowest BCUT2D eigenvalue weighted by Gasteiger charge is -2.19. The zero-order chi connectivity index (χ0) is 18.9. The number of ether oxygens (including phenoxy) is 1. The predicted octanol–water partition coefficient (Wildman–Crippen LogP) is 0.795. The molecule has 0 aromatic carbocycles. The molecule has 1 aliphatic rings. The number of esters is 1. The normalized spacial score (nSPS) is 17.8. The number of pyridine rings is 1. The molecular weight excluding hydrogens is 360 g/mol. The van der Waals surface area contributed by atoms with Gasteiger partial charge in [0.25, 0.3) is 0 Å². The Bertz CT molecular complexity index is 970. The van der Waals surface area contributed by atoms with Gasteiger partial charge in [0.1, 0.15) is 0 Å². The zero-order valence-electron chi connectivity index (χ0n) is 14.8. The van der Waals surface area contributed by atoms with E-state index in [2.05, 4.69) is 9.84 Å². The molecule has 3 rings (SSSR count). The summed E-state index contributed by atoms with van der Waals surface area (Å²) >= 11 is 0. The summed E-state index contributed by atoms with van der Waals surface area (Å²) in [6.45, 7) is 2.45. The molecule has 2 aromatic heterocycles. The molecule has 1 fully saturated rings. The molecule has 10 heteroatoms. The fraction of sp³-hybridized carbons (Fsp3) is 0.562. The molecule has 0 saturated carbocycles. The average molecular weight is 382 g/mol. The molecule has 3 heterocycles. The second-order valence-electron chi connectivity index (χ2n) is 6.34. The summed E-state index contributed by atoms with van der Waals surface area (Å²) in [5, 5.41) is 4.09. The minimum absolute atomic E-state index is 0.0410. The average Bonchev–Trinajstić information content (AvgIpc) is 2.82. The molecule has 0 N–H and O–H groups in total. The van der Waals surface area contributed by atoms with Gasteiger partial charge in [-0.25, -0.2) is 22.4 Å². The first-order chi connectivity index (χ1) is 12.4. The molecule has 142 valence electrons. The minimum Gasteiger partial charge on any atom is -0.467 e. The van der Waals surface area contributed by atoms with Crippen molar-refractivity contribution in [3.63, 3.8) is 0 Å². The predicted molar refractivity (Wildman–Crippen MR) is 93.4 cm³/mol. The van der Waals surface area contributed by atoms with Crippen LogP contribution in [0.3, 0.4) is 0 Å². The molecule has 0 radical (unpaired) electrons. The molecule has 2 aromatic rings. The van der Waals surface area contributed by atoms with Gasteiger partial charge in [-0.1, -0.05) is 12.8 Å². The van der Waals surface area contributed by atoms with E-state index in [0.29, 0.717) is 13.1 Å². The van der Waals surface area contributed by atoms with Gasteiger partial charge in [-0.15, -0.1) is 5.10 Å². The van der Waals surface area contributed by atoms with Crippen LogP contribution in [0.15, 0.2) is 28.0 Å². The van der Waals surface area contributed by atoms with Crippen molar-refractivity contribution in [2.75, 3.05) is 20.2 Å². The number of fused-ring (bicyclic) bond motifs is 1. The third-order valence-electron chi connectivity index (χ3n) is 4.62. The summed E-state index contributed by atoms with van der Waals surface area (Å²) in [7, 11) is -2.45. The standard InChI is InChI=1S/C16H22N4O5S/c1-12(15(21)25-2)20-16(22)19-11-13(7-8-14(19)17-20)26(23,24)18-9-5-3-4-6-10-18/h7-8,11-12H,3-6,9-10H2,1-2H3/t12-/m1/s1. The molecule has 9 nitrogen and oxygen atoms in total. The van der Waals surface area contributed by atoms with Crippen molar-refractivity contribution >= 4 is 21.6 Å². The van der Waals surface area contributed by atoms with Crippen LogP contribution in [0.1, 0.15) is 38.6 Å². The Balaban J connectivity index is 2.02. The minimum atomic E-state index is -3.68. The lowest BCUT2D eigenvalue weighted by molar-refractivity contribution is -0.144. The molecular formula is C16H22N4O5S. The van der Waals surface area contributed by atoms with E-state index in [0.717, 1.165) is 34.8 Å². The Morgan fingerprint density at radius 1 is 1.19 bits per heavy atom. The van der Waals surface area contributed by atoms with Gasteiger partial charge in [-0.2, -0.15) is 8.99 Å². The highest BCUT2D eigenvalue weighted by molar-refractivity contribution is 7.89. The molecule has 1 aliphatic heterocycles. The van der Waals surface area contributed by atoms with Crippen LogP contribution in [0, 0.1) is 0 Å². The van der Waals surface area contributed by atoms with Crippen molar-refractivity contribution in [3.8, 4) is 0 Å². The number of sulfonamides is 1. The van der Waals surface area contributed by atoms with E-state index in [1.165, 1.54) is 36.7 Å². The van der Waals surface area contributed by atoms with Crippen molar-refractivity contribution in [1.29, 1.82) is 0 Å². The van der Waals surface area contributed by atoms with Crippen LogP contribution in [0.2, 0.25) is 0 Å². The maximum atomic E-state index is 12.9. The van der Waals surface area contributed by atoms with Gasteiger partial charge in [0, 0.05) is 19.3 Å². The molecule has 26 heavy (non-hydrogen) atoms. The first-order valence-corrected chi connectivity index (χ1v) is 9.99. The van der Waals surface area contributed by atoms with E-state index >= 15 is 0 Å². The Morgan fingerprint density at radius 3 is 2.46 bits per heavy atom. The van der Waals surface area contributed by atoms with Crippen molar-refractivity contribution in [2.24, 2.45) is 0 Å². The van der Waals surface area contributed by atoms with Gasteiger partial charge in [0.05, 0.1) is 12.0 Å². The first kappa shape index (κ1) is 18.6. The van der Waals surface area contributed by atoms with Crippen LogP contribution < -0.4 is 5.69 Å². The summed E-state index contributed by atoms with van der Waals surface area (Å²) in [4.78, 5) is 24.3. The third-order valence-corrected chi connectivity index (χ3v) is 6.51. The van der Waals surface area contributed by atoms with Gasteiger partial charge in [-0.05, 0) is 31.9 Å². The molecule has 1 atom stereocenters. The van der Waals surface area contributed by atoms with Gasteiger partial charge in [0.2, 0.25) is 10.0 Å². The number of methoxy groups -OCH3 is 1. The van der Waals surface area contributed by atoms with E-state index in [-0.39, 0.29) is 10.5 Å². The zero-order valence-corrected chi connectivity index (χ0v) is 15.6. The second kappa shape index (κ2) is 7.20. The van der Waals surface area contributed by atoms with E-state index in [1.807, 2.05) is 0 Å². The molecule has 0 unspecified atom stereocenters. The first-order valence-electron chi connectivity index (χ1n) is 8.55. The largest absolute Gasteiger partial charge is 0.467 e. The SMILES string of the molecule is COC(=O)[C@@H](C)n1nc2ccc(S(=O)(=O)N3CCCCCC3)cn2c1=O. The van der Waals surface area contributed by atoms with Crippen LogP contribution in [-0.2, 0) is 19.6 Å². The number of nitrogens with zero attached hydrogens (tertiary/aromatic N) is 4. The van der Waals surface area contributed by atoms with E-state index < -0.39 is 27.7 Å². The van der Waals surface area contributed by atoms with Crippen LogP contribution in [-0.4, -0.2) is 53.1 Å². The number of aromatic nitrogens is 3. The monoisotopic (exact) mass is 382 g/mol. The lowest BCUT2D eigenvalue weighted by Crippen LogP contribution is -2.32.